The van der Waals surface area contributed by atoms with Gasteiger partial charge in [-0.3, -0.25) is 4.57 Å². The fraction of sp³-hybridized carbons (Fsp3) is 0.0690. The number of imidazole rings is 1. The smallest absolute Gasteiger partial charge is 0.268 e. The molecule has 64 heavy (non-hydrogen) atoms. The molecule has 0 spiro atoms. The second-order valence-electron chi connectivity index (χ2n) is 15.6. The minimum Gasteiger partial charge on any atom is -0.510 e. The van der Waals surface area contributed by atoms with Gasteiger partial charge in [-0.05, 0) is 86.6 Å². The van der Waals surface area contributed by atoms with E-state index < -0.39 is 60.4 Å². The molecule has 11 aromatic rings. The van der Waals surface area contributed by atoms with Crippen LogP contribution in [0.25, 0.3) is 83.4 Å². The number of hydrogen-bond donors (Lipinski definition) is 0. The number of aromatic nitrogens is 4. The van der Waals surface area contributed by atoms with Crippen LogP contribution in [-0.4, -0.2) is 14.1 Å². The zero-order valence-electron chi connectivity index (χ0n) is 44.6. The molecule has 3 heterocycles. The molecule has 6 heteroatoms. The summed E-state index contributed by atoms with van der Waals surface area (Å²) >= 11 is 0. The standard InChI is InChI=1S/C58H42N4O.Pt/c1-40(2)34-41-32-33-59-57(35-41)62-53-27-13-12-24-51(53)52-30-29-48(38-55(52)62)63-47-23-14-22-46(37-47)60-39-61(54-31-28-45(36-56(54)60)42-16-6-3-7-17-42)58-49(43-18-8-4-9-19-43)25-15-26-50(58)44-20-10-5-11-21-44;/h3-33,35-36,40H,34H2,1-2H3;/q-2;/i4D,5D,8D,9D,10D,11D,18D,19D,20D,21D;. The van der Waals surface area contributed by atoms with Crippen LogP contribution in [-0.2, 0) is 27.5 Å². The molecule has 312 valence electrons. The quantitative estimate of drug-likeness (QED) is 0.101. The molecule has 11 rings (SSSR count). The maximum absolute atomic E-state index is 9.11. The van der Waals surface area contributed by atoms with E-state index >= 15 is 0 Å². The number of pyridine rings is 1. The van der Waals surface area contributed by atoms with E-state index in [0.717, 1.165) is 45.2 Å². The van der Waals surface area contributed by atoms with Crippen LogP contribution < -0.4 is 9.30 Å². The van der Waals surface area contributed by atoms with Crippen molar-refractivity contribution in [3.05, 3.63) is 224 Å². The van der Waals surface area contributed by atoms with Crippen LogP contribution in [0, 0.1) is 24.4 Å². The van der Waals surface area contributed by atoms with Gasteiger partial charge in [-0.2, -0.15) is 18.2 Å². The van der Waals surface area contributed by atoms with E-state index in [4.69, 9.17) is 23.4 Å². The number of fused-ring (bicyclic) bond motifs is 4. The van der Waals surface area contributed by atoms with Crippen LogP contribution in [0.1, 0.15) is 33.1 Å². The van der Waals surface area contributed by atoms with Crippen LogP contribution in [0.2, 0.25) is 0 Å². The minimum atomic E-state index is -0.576. The Morgan fingerprint density at radius 2 is 1.33 bits per heavy atom. The van der Waals surface area contributed by atoms with E-state index in [9.17, 15) is 0 Å². The average molecular weight is 1020 g/mol. The summed E-state index contributed by atoms with van der Waals surface area (Å²) in [6, 6.07) is 43.7. The van der Waals surface area contributed by atoms with Crippen LogP contribution in [0.3, 0.4) is 0 Å². The van der Waals surface area contributed by atoms with Gasteiger partial charge in [-0.1, -0.05) is 159 Å². The van der Waals surface area contributed by atoms with Crippen molar-refractivity contribution in [2.75, 3.05) is 0 Å². The van der Waals surface area contributed by atoms with Gasteiger partial charge >= 0.3 is 0 Å². The monoisotopic (exact) mass is 1020 g/mol. The summed E-state index contributed by atoms with van der Waals surface area (Å²) in [5.74, 6) is 2.02. The van der Waals surface area contributed by atoms with Crippen molar-refractivity contribution < 1.29 is 44.1 Å². The zero-order valence-corrected chi connectivity index (χ0v) is 36.8. The van der Waals surface area contributed by atoms with Gasteiger partial charge in [0.2, 0.25) is 0 Å². The number of benzene rings is 8. The van der Waals surface area contributed by atoms with Crippen molar-refractivity contribution in [3.8, 4) is 62.1 Å². The van der Waals surface area contributed by atoms with Gasteiger partial charge in [0.15, 0.2) is 0 Å². The molecule has 0 unspecified atom stereocenters. The first-order valence-electron chi connectivity index (χ1n) is 25.6. The molecule has 0 atom stereocenters. The molecule has 8 aromatic carbocycles. The molecule has 0 aliphatic rings. The third-order valence-electron chi connectivity index (χ3n) is 11.0. The van der Waals surface area contributed by atoms with Gasteiger partial charge in [-0.25, -0.2) is 4.98 Å². The number of para-hydroxylation sites is 2. The average Bonchev–Trinajstić information content (AvgIpc) is 3.94. The van der Waals surface area contributed by atoms with Crippen LogP contribution in [0.15, 0.2) is 200 Å². The third-order valence-corrected chi connectivity index (χ3v) is 11.0. The normalized spacial score (nSPS) is 13.5. The fourth-order valence-electron chi connectivity index (χ4n) is 8.32. The van der Waals surface area contributed by atoms with Gasteiger partial charge < -0.3 is 13.9 Å². The minimum absolute atomic E-state index is 0. The first-order chi connectivity index (χ1) is 35.2. The second kappa shape index (κ2) is 17.4. The molecule has 5 nitrogen and oxygen atoms in total. The molecule has 0 bridgehead atoms. The van der Waals surface area contributed by atoms with Crippen LogP contribution in [0.4, 0.5) is 0 Å². The third kappa shape index (κ3) is 7.63. The van der Waals surface area contributed by atoms with Crippen molar-refractivity contribution in [1.82, 2.24) is 14.1 Å². The van der Waals surface area contributed by atoms with Gasteiger partial charge in [0.25, 0.3) is 6.33 Å². The summed E-state index contributed by atoms with van der Waals surface area (Å²) in [7, 11) is 0. The molecule has 0 aliphatic heterocycles. The van der Waals surface area contributed by atoms with Crippen LogP contribution >= 0.6 is 0 Å². The van der Waals surface area contributed by atoms with E-state index in [2.05, 4.69) is 55.1 Å². The number of nitrogens with zero attached hydrogens (tertiary/aromatic N) is 4. The van der Waals surface area contributed by atoms with Crippen molar-refractivity contribution in [3.63, 3.8) is 0 Å². The number of hydrogen-bond acceptors (Lipinski definition) is 2. The molecule has 0 amide bonds. The van der Waals surface area contributed by atoms with Crippen molar-refractivity contribution in [1.29, 1.82) is 0 Å². The van der Waals surface area contributed by atoms with Crippen molar-refractivity contribution in [2.24, 2.45) is 5.92 Å². The summed E-state index contributed by atoms with van der Waals surface area (Å²) < 4.78 is 99.9. The number of ether oxygens (including phenoxy) is 1. The summed E-state index contributed by atoms with van der Waals surface area (Å²) in [5, 5.41) is 2.03. The molecule has 0 saturated carbocycles. The Balaban J connectivity index is 0.00000626. The maximum Gasteiger partial charge on any atom is 0.268 e. The Bertz CT molecular complexity index is 3900. The number of rotatable bonds is 10. The van der Waals surface area contributed by atoms with E-state index in [1.54, 1.807) is 33.4 Å². The first kappa shape index (κ1) is 30.7. The Kier molecular flexibility index (Phi) is 8.36. The topological polar surface area (TPSA) is 35.9 Å². The molecule has 3 aromatic heterocycles. The zero-order chi connectivity index (χ0) is 51.0. The molecule has 0 fully saturated rings. The van der Waals surface area contributed by atoms with Gasteiger partial charge in [0, 0.05) is 44.3 Å². The predicted octanol–water partition coefficient (Wildman–Crippen LogP) is 13.8. The largest absolute Gasteiger partial charge is 0.510 e. The summed E-state index contributed by atoms with van der Waals surface area (Å²) in [5.41, 5.74) is 6.47. The van der Waals surface area contributed by atoms with Gasteiger partial charge in [-0.15, -0.1) is 29.7 Å². The SMILES string of the molecule is [2H]c1c([2H])c([2H])c(-c2cccc(-c3c([2H])c([2H])c([2H])c([2H])c3[2H])c2-[n+]2[c-]n(-c3[c-]c(Oc4[c-]c5c(cc4)c4ccccc4n5-c4cc(CC(C)C)ccn4)ccc3)c3cc(-c4ccccc4)ccc32)c([2H])c1[2H].[Pt]. The fourth-order valence-corrected chi connectivity index (χ4v) is 8.32. The van der Waals surface area contributed by atoms with E-state index in [-0.39, 0.29) is 49.0 Å². The van der Waals surface area contributed by atoms with Crippen molar-refractivity contribution >= 4 is 32.8 Å². The van der Waals surface area contributed by atoms with E-state index in [1.807, 2.05) is 97.2 Å². The molecular formula is C58H42N4OPt-2. The molecule has 0 aliphatic carbocycles. The maximum atomic E-state index is 9.11. The van der Waals surface area contributed by atoms with E-state index in [0.29, 0.717) is 34.1 Å². The van der Waals surface area contributed by atoms with Crippen LogP contribution in [0.5, 0.6) is 11.5 Å². The Morgan fingerprint density at radius 1 is 0.625 bits per heavy atom. The first-order valence-corrected chi connectivity index (χ1v) is 20.6. The summed E-state index contributed by atoms with van der Waals surface area (Å²) in [6.45, 7) is 4.39. The Morgan fingerprint density at radius 3 is 2.08 bits per heavy atom. The molecule has 0 N–H and O–H groups in total. The van der Waals surface area contributed by atoms with Gasteiger partial charge in [0.05, 0.1) is 30.4 Å². The van der Waals surface area contributed by atoms with Gasteiger partial charge in [0.1, 0.15) is 5.82 Å². The Labute approximate surface area is 401 Å². The molecule has 0 radical (unpaired) electrons. The Hall–Kier alpha value is -7.33. The summed E-state index contributed by atoms with van der Waals surface area (Å²) in [4.78, 5) is 4.81. The van der Waals surface area contributed by atoms with E-state index in [1.165, 1.54) is 5.56 Å². The second-order valence-corrected chi connectivity index (χ2v) is 15.6. The molecule has 0 saturated heterocycles. The molecular weight excluding hydrogens is 964 g/mol. The predicted molar refractivity (Wildman–Crippen MR) is 255 cm³/mol. The van der Waals surface area contributed by atoms with Crippen molar-refractivity contribution in [2.45, 2.75) is 20.3 Å². The summed E-state index contributed by atoms with van der Waals surface area (Å²) in [6.07, 6.45) is 6.22.